The highest BCUT2D eigenvalue weighted by Crippen LogP contribution is 2.35. The maximum atomic E-state index is 11.8. The highest BCUT2D eigenvalue weighted by atomic mass is 16.4. The zero-order chi connectivity index (χ0) is 14.7. The number of benzene rings is 1. The molecule has 2 unspecified atom stereocenters. The van der Waals surface area contributed by atoms with Crippen molar-refractivity contribution in [3.63, 3.8) is 0 Å². The highest BCUT2D eigenvalue weighted by Gasteiger charge is 2.46. The quantitative estimate of drug-likeness (QED) is 0.696. The Morgan fingerprint density at radius 3 is 2.16 bits per heavy atom. The van der Waals surface area contributed by atoms with E-state index in [-0.39, 0.29) is 6.42 Å². The van der Waals surface area contributed by atoms with Crippen molar-refractivity contribution in [2.75, 3.05) is 7.05 Å². The minimum atomic E-state index is -1.69. The summed E-state index contributed by atoms with van der Waals surface area (Å²) in [4.78, 5) is 23.1. The number of hydrogen-bond acceptors (Lipinski definition) is 3. The van der Waals surface area contributed by atoms with Gasteiger partial charge in [0.2, 0.25) is 5.91 Å². The van der Waals surface area contributed by atoms with Crippen LogP contribution in [-0.2, 0) is 15.2 Å². The van der Waals surface area contributed by atoms with Crippen molar-refractivity contribution >= 4 is 11.9 Å². The third-order valence-electron chi connectivity index (χ3n) is 3.29. The van der Waals surface area contributed by atoms with E-state index in [4.69, 9.17) is 0 Å². The molecule has 1 aromatic rings. The third kappa shape index (κ3) is 3.12. The first-order valence-corrected chi connectivity index (χ1v) is 5.97. The predicted molar refractivity (Wildman–Crippen MR) is 70.4 cm³/mol. The van der Waals surface area contributed by atoms with Gasteiger partial charge in [-0.05, 0) is 19.4 Å². The summed E-state index contributed by atoms with van der Waals surface area (Å²) in [6, 6.07) is 8.70. The van der Waals surface area contributed by atoms with Crippen LogP contribution in [0.15, 0.2) is 30.3 Å². The van der Waals surface area contributed by atoms with Crippen molar-refractivity contribution in [2.24, 2.45) is 5.41 Å². The molecule has 1 rings (SSSR count). The van der Waals surface area contributed by atoms with E-state index in [1.807, 2.05) is 0 Å². The molecule has 1 aromatic carbocycles. The summed E-state index contributed by atoms with van der Waals surface area (Å²) in [6.45, 7) is 2.82. The number of carbonyl (C=O) groups excluding carboxylic acids is 1. The second-order valence-electron chi connectivity index (χ2n) is 5.03. The number of carbonyl (C=O) groups is 2. The van der Waals surface area contributed by atoms with Crippen LogP contribution in [-0.4, -0.2) is 29.1 Å². The number of nitrogens with one attached hydrogen (secondary N) is 1. The average Bonchev–Trinajstić information content (AvgIpc) is 2.38. The molecule has 104 valence electrons. The summed E-state index contributed by atoms with van der Waals surface area (Å²) in [5, 5.41) is 22.1. The Bertz CT molecular complexity index is 470. The first-order chi connectivity index (χ1) is 8.74. The Kier molecular flexibility index (Phi) is 4.32. The van der Waals surface area contributed by atoms with Gasteiger partial charge in [0.15, 0.2) is 0 Å². The van der Waals surface area contributed by atoms with Gasteiger partial charge in [-0.25, -0.2) is 0 Å². The highest BCUT2D eigenvalue weighted by molar-refractivity contribution is 6.01. The lowest BCUT2D eigenvalue weighted by Crippen LogP contribution is -2.47. The van der Waals surface area contributed by atoms with Crippen molar-refractivity contribution in [3.05, 3.63) is 35.9 Å². The third-order valence-corrected chi connectivity index (χ3v) is 3.29. The number of aliphatic carboxylic acids is 1. The van der Waals surface area contributed by atoms with E-state index in [1.165, 1.54) is 20.9 Å². The Morgan fingerprint density at radius 2 is 1.74 bits per heavy atom. The van der Waals surface area contributed by atoms with Gasteiger partial charge < -0.3 is 15.5 Å². The topological polar surface area (TPSA) is 86.6 Å². The van der Waals surface area contributed by atoms with Gasteiger partial charge in [-0.1, -0.05) is 30.3 Å². The minimum Gasteiger partial charge on any atom is -0.480 e. The molecule has 5 heteroatoms. The van der Waals surface area contributed by atoms with Gasteiger partial charge in [0.25, 0.3) is 0 Å². The van der Waals surface area contributed by atoms with Crippen molar-refractivity contribution in [1.82, 2.24) is 5.32 Å². The first kappa shape index (κ1) is 15.2. The van der Waals surface area contributed by atoms with Gasteiger partial charge in [-0.15, -0.1) is 0 Å². The minimum absolute atomic E-state index is 0.209. The van der Waals surface area contributed by atoms with Crippen LogP contribution >= 0.6 is 0 Å². The number of hydrogen-bond donors (Lipinski definition) is 3. The zero-order valence-electron chi connectivity index (χ0n) is 11.3. The lowest BCUT2D eigenvalue weighted by atomic mass is 9.76. The molecule has 19 heavy (non-hydrogen) atoms. The van der Waals surface area contributed by atoms with E-state index in [1.54, 1.807) is 30.3 Å². The number of rotatable bonds is 5. The zero-order valence-corrected chi connectivity index (χ0v) is 11.3. The van der Waals surface area contributed by atoms with E-state index >= 15 is 0 Å². The number of carboxylic acids is 1. The molecule has 0 radical (unpaired) electrons. The molecule has 0 spiro atoms. The van der Waals surface area contributed by atoms with Crippen LogP contribution in [0.25, 0.3) is 0 Å². The van der Waals surface area contributed by atoms with E-state index in [9.17, 15) is 19.8 Å². The van der Waals surface area contributed by atoms with E-state index in [0.29, 0.717) is 5.56 Å². The SMILES string of the molecule is CNC(=O)C(C)(CC(C)(O)c1ccccc1)C(=O)O. The van der Waals surface area contributed by atoms with Gasteiger partial charge in [0.1, 0.15) is 5.41 Å². The fourth-order valence-corrected chi connectivity index (χ4v) is 2.12. The van der Waals surface area contributed by atoms with Crippen LogP contribution in [0.2, 0.25) is 0 Å². The maximum absolute atomic E-state index is 11.8. The Hall–Kier alpha value is -1.88. The molecule has 0 saturated carbocycles. The second kappa shape index (κ2) is 5.40. The van der Waals surface area contributed by atoms with Gasteiger partial charge >= 0.3 is 5.97 Å². The van der Waals surface area contributed by atoms with Crippen LogP contribution in [0.1, 0.15) is 25.8 Å². The van der Waals surface area contributed by atoms with E-state index in [2.05, 4.69) is 5.32 Å². The lowest BCUT2D eigenvalue weighted by molar-refractivity contribution is -0.159. The molecule has 0 bridgehead atoms. The van der Waals surface area contributed by atoms with Crippen molar-refractivity contribution in [3.8, 4) is 0 Å². The summed E-state index contributed by atoms with van der Waals surface area (Å²) in [7, 11) is 1.38. The largest absolute Gasteiger partial charge is 0.480 e. The van der Waals surface area contributed by atoms with E-state index < -0.39 is 22.9 Å². The van der Waals surface area contributed by atoms with Gasteiger partial charge in [-0.2, -0.15) is 0 Å². The lowest BCUT2D eigenvalue weighted by Gasteiger charge is -2.32. The number of aliphatic hydroxyl groups is 1. The van der Waals surface area contributed by atoms with Crippen LogP contribution in [0.3, 0.4) is 0 Å². The number of amides is 1. The van der Waals surface area contributed by atoms with Crippen LogP contribution in [0.5, 0.6) is 0 Å². The first-order valence-electron chi connectivity index (χ1n) is 5.97. The molecule has 0 aliphatic rings. The Labute approximate surface area is 112 Å². The molecule has 1 amide bonds. The summed E-state index contributed by atoms with van der Waals surface area (Å²) >= 11 is 0. The van der Waals surface area contributed by atoms with Gasteiger partial charge in [0.05, 0.1) is 5.60 Å². The summed E-state index contributed by atoms with van der Waals surface area (Å²) in [5.41, 5.74) is -2.51. The number of carboxylic acid groups (broad SMARTS) is 1. The van der Waals surface area contributed by atoms with Crippen LogP contribution < -0.4 is 5.32 Å². The summed E-state index contributed by atoms with van der Waals surface area (Å²) in [6.07, 6.45) is -0.209. The maximum Gasteiger partial charge on any atom is 0.319 e. The van der Waals surface area contributed by atoms with Crippen LogP contribution in [0, 0.1) is 5.41 Å². The van der Waals surface area contributed by atoms with Crippen molar-refractivity contribution in [2.45, 2.75) is 25.9 Å². The van der Waals surface area contributed by atoms with Crippen LogP contribution in [0.4, 0.5) is 0 Å². The molecule has 0 fully saturated rings. The van der Waals surface area contributed by atoms with Crippen molar-refractivity contribution < 1.29 is 19.8 Å². The molecular formula is C14H19NO4. The fraction of sp³-hybridized carbons (Fsp3) is 0.429. The second-order valence-corrected chi connectivity index (χ2v) is 5.03. The standard InChI is InChI=1S/C14H19NO4/c1-13(12(17)18,11(16)15-3)9-14(2,19)10-7-5-4-6-8-10/h4-8,19H,9H2,1-3H3,(H,15,16)(H,17,18). The van der Waals surface area contributed by atoms with Gasteiger partial charge in [-0.3, -0.25) is 9.59 Å². The average molecular weight is 265 g/mol. The molecule has 0 aliphatic carbocycles. The monoisotopic (exact) mass is 265 g/mol. The summed E-state index contributed by atoms with van der Waals surface area (Å²) < 4.78 is 0. The smallest absolute Gasteiger partial charge is 0.319 e. The van der Waals surface area contributed by atoms with Crippen molar-refractivity contribution in [1.29, 1.82) is 0 Å². The molecule has 0 aromatic heterocycles. The summed E-state index contributed by atoms with van der Waals surface area (Å²) in [5.74, 6) is -1.89. The van der Waals surface area contributed by atoms with E-state index in [0.717, 1.165) is 0 Å². The molecule has 0 aliphatic heterocycles. The fourth-order valence-electron chi connectivity index (χ4n) is 2.12. The predicted octanol–water partition coefficient (Wildman–Crippen LogP) is 1.12. The molecule has 5 nitrogen and oxygen atoms in total. The molecule has 0 heterocycles. The van der Waals surface area contributed by atoms with Gasteiger partial charge in [0, 0.05) is 13.5 Å². The Morgan fingerprint density at radius 1 is 1.21 bits per heavy atom. The molecule has 0 saturated heterocycles. The molecular weight excluding hydrogens is 246 g/mol. The normalized spacial score (nSPS) is 17.1. The molecule has 3 N–H and O–H groups in total. The Balaban J connectivity index is 3.10. The molecule has 2 atom stereocenters.